The third-order valence-electron chi connectivity index (χ3n) is 3.34. The van der Waals surface area contributed by atoms with E-state index in [1.54, 1.807) is 30.3 Å². The highest BCUT2D eigenvalue weighted by Gasteiger charge is 2.12. The van der Waals surface area contributed by atoms with Crippen LogP contribution < -0.4 is 10.6 Å². The first kappa shape index (κ1) is 16.5. The lowest BCUT2D eigenvalue weighted by Gasteiger charge is -2.15. The number of rotatable bonds is 5. The molecule has 0 aliphatic carbocycles. The Bertz CT molecular complexity index is 675. The minimum Gasteiger partial charge on any atom is -0.324 e. The summed E-state index contributed by atoms with van der Waals surface area (Å²) in [4.78, 5) is 11.9. The molecule has 1 atom stereocenters. The molecule has 0 heterocycles. The molecule has 0 saturated carbocycles. The number of hydrogen-bond acceptors (Lipinski definition) is 2. The SMILES string of the molecule is Cc1ccc(NC(=O)CNC(C)c2ccccc2F)c(Cl)c1. The normalized spacial score (nSPS) is 12.0. The summed E-state index contributed by atoms with van der Waals surface area (Å²) in [6.45, 7) is 3.80. The number of carbonyl (C=O) groups excluding carboxylic acids is 1. The molecule has 2 N–H and O–H groups in total. The highest BCUT2D eigenvalue weighted by atomic mass is 35.5. The second kappa shape index (κ2) is 7.38. The zero-order valence-corrected chi connectivity index (χ0v) is 13.2. The quantitative estimate of drug-likeness (QED) is 0.871. The summed E-state index contributed by atoms with van der Waals surface area (Å²) in [6, 6.07) is 11.7. The van der Waals surface area contributed by atoms with Crippen LogP contribution in [0.15, 0.2) is 42.5 Å². The van der Waals surface area contributed by atoms with E-state index in [0.29, 0.717) is 16.3 Å². The van der Waals surface area contributed by atoms with Gasteiger partial charge >= 0.3 is 0 Å². The number of halogens is 2. The Morgan fingerprint density at radius 2 is 2.00 bits per heavy atom. The molecule has 0 bridgehead atoms. The van der Waals surface area contributed by atoms with Crippen LogP contribution in [0.1, 0.15) is 24.1 Å². The third-order valence-corrected chi connectivity index (χ3v) is 3.65. The van der Waals surface area contributed by atoms with E-state index in [1.807, 2.05) is 19.9 Å². The van der Waals surface area contributed by atoms with Crippen LogP contribution in [-0.2, 0) is 4.79 Å². The van der Waals surface area contributed by atoms with E-state index >= 15 is 0 Å². The second-order valence-corrected chi connectivity index (χ2v) is 5.56. The molecule has 0 radical (unpaired) electrons. The number of benzene rings is 2. The molecule has 3 nitrogen and oxygen atoms in total. The zero-order valence-electron chi connectivity index (χ0n) is 12.5. The maximum absolute atomic E-state index is 13.6. The lowest BCUT2D eigenvalue weighted by Crippen LogP contribution is -2.30. The van der Waals surface area contributed by atoms with E-state index < -0.39 is 0 Å². The first-order chi connectivity index (χ1) is 10.5. The van der Waals surface area contributed by atoms with Crippen molar-refractivity contribution in [3.05, 3.63) is 64.4 Å². The molecule has 5 heteroatoms. The van der Waals surface area contributed by atoms with Gasteiger partial charge in [-0.05, 0) is 37.6 Å². The van der Waals surface area contributed by atoms with Crippen molar-refractivity contribution in [3.63, 3.8) is 0 Å². The molecule has 0 aliphatic heterocycles. The molecular formula is C17H18ClFN2O. The maximum atomic E-state index is 13.6. The van der Waals surface area contributed by atoms with Gasteiger partial charge in [-0.1, -0.05) is 35.9 Å². The molecule has 2 aromatic carbocycles. The van der Waals surface area contributed by atoms with E-state index in [1.165, 1.54) is 6.07 Å². The summed E-state index contributed by atoms with van der Waals surface area (Å²) >= 11 is 6.07. The van der Waals surface area contributed by atoms with Gasteiger partial charge in [0.05, 0.1) is 17.3 Å². The Morgan fingerprint density at radius 1 is 1.27 bits per heavy atom. The van der Waals surface area contributed by atoms with E-state index in [0.717, 1.165) is 5.56 Å². The number of anilines is 1. The average molecular weight is 321 g/mol. The summed E-state index contributed by atoms with van der Waals surface area (Å²) in [5.41, 5.74) is 2.12. The predicted molar refractivity (Wildman–Crippen MR) is 87.6 cm³/mol. The van der Waals surface area contributed by atoms with E-state index in [9.17, 15) is 9.18 Å². The van der Waals surface area contributed by atoms with Crippen molar-refractivity contribution < 1.29 is 9.18 Å². The Labute approximate surface area is 134 Å². The van der Waals surface area contributed by atoms with Gasteiger partial charge in [0, 0.05) is 11.6 Å². The molecule has 0 aromatic heterocycles. The van der Waals surface area contributed by atoms with Crippen LogP contribution in [0.3, 0.4) is 0 Å². The van der Waals surface area contributed by atoms with Crippen LogP contribution in [-0.4, -0.2) is 12.5 Å². The molecular weight excluding hydrogens is 303 g/mol. The molecule has 1 unspecified atom stereocenters. The van der Waals surface area contributed by atoms with Gasteiger partial charge in [0.1, 0.15) is 5.82 Å². The highest BCUT2D eigenvalue weighted by molar-refractivity contribution is 6.33. The van der Waals surface area contributed by atoms with Gasteiger partial charge in [0.2, 0.25) is 5.91 Å². The Hall–Kier alpha value is -1.91. The summed E-state index contributed by atoms with van der Waals surface area (Å²) in [7, 11) is 0. The molecule has 2 rings (SSSR count). The van der Waals surface area contributed by atoms with Gasteiger partial charge in [-0.25, -0.2) is 4.39 Å². The van der Waals surface area contributed by atoms with Gasteiger partial charge in [-0.2, -0.15) is 0 Å². The first-order valence-electron chi connectivity index (χ1n) is 7.01. The molecule has 116 valence electrons. The van der Waals surface area contributed by atoms with Crippen molar-refractivity contribution in [2.75, 3.05) is 11.9 Å². The number of aryl methyl sites for hydroxylation is 1. The van der Waals surface area contributed by atoms with Gasteiger partial charge in [0.15, 0.2) is 0 Å². The predicted octanol–water partition coefficient (Wildman–Crippen LogP) is 4.08. The van der Waals surface area contributed by atoms with E-state index in [4.69, 9.17) is 11.6 Å². The van der Waals surface area contributed by atoms with Crippen molar-refractivity contribution in [3.8, 4) is 0 Å². The Balaban J connectivity index is 1.91. The monoisotopic (exact) mass is 320 g/mol. The summed E-state index contributed by atoms with van der Waals surface area (Å²) in [5, 5.41) is 6.22. The number of amides is 1. The fourth-order valence-electron chi connectivity index (χ4n) is 2.10. The summed E-state index contributed by atoms with van der Waals surface area (Å²) < 4.78 is 13.6. The average Bonchev–Trinajstić information content (AvgIpc) is 2.48. The molecule has 22 heavy (non-hydrogen) atoms. The molecule has 0 aliphatic rings. The van der Waals surface area contributed by atoms with Crippen molar-refractivity contribution in [2.45, 2.75) is 19.9 Å². The van der Waals surface area contributed by atoms with Gasteiger partial charge in [0.25, 0.3) is 0 Å². The largest absolute Gasteiger partial charge is 0.324 e. The fourth-order valence-corrected chi connectivity index (χ4v) is 2.38. The van der Waals surface area contributed by atoms with Gasteiger partial charge in [-0.15, -0.1) is 0 Å². The second-order valence-electron chi connectivity index (χ2n) is 5.16. The Kier molecular flexibility index (Phi) is 5.52. The van der Waals surface area contributed by atoms with Crippen molar-refractivity contribution in [1.82, 2.24) is 5.32 Å². The van der Waals surface area contributed by atoms with Gasteiger partial charge in [-0.3, -0.25) is 4.79 Å². The van der Waals surface area contributed by atoms with Crippen LogP contribution in [0.2, 0.25) is 5.02 Å². The van der Waals surface area contributed by atoms with Crippen LogP contribution in [0.5, 0.6) is 0 Å². The number of carbonyl (C=O) groups is 1. The number of nitrogens with one attached hydrogen (secondary N) is 2. The lowest BCUT2D eigenvalue weighted by atomic mass is 10.1. The minimum absolute atomic E-state index is 0.0692. The van der Waals surface area contributed by atoms with Crippen LogP contribution in [0, 0.1) is 12.7 Å². The van der Waals surface area contributed by atoms with Crippen molar-refractivity contribution >= 4 is 23.2 Å². The summed E-state index contributed by atoms with van der Waals surface area (Å²) in [5.74, 6) is -0.515. The minimum atomic E-state index is -0.288. The highest BCUT2D eigenvalue weighted by Crippen LogP contribution is 2.22. The zero-order chi connectivity index (χ0) is 16.1. The van der Waals surface area contributed by atoms with Gasteiger partial charge < -0.3 is 10.6 Å². The van der Waals surface area contributed by atoms with Crippen LogP contribution >= 0.6 is 11.6 Å². The summed E-state index contributed by atoms with van der Waals surface area (Å²) in [6.07, 6.45) is 0. The maximum Gasteiger partial charge on any atom is 0.238 e. The topological polar surface area (TPSA) is 41.1 Å². The molecule has 0 spiro atoms. The molecule has 2 aromatic rings. The first-order valence-corrected chi connectivity index (χ1v) is 7.39. The van der Waals surface area contributed by atoms with E-state index in [-0.39, 0.29) is 24.3 Å². The lowest BCUT2D eigenvalue weighted by molar-refractivity contribution is -0.115. The molecule has 0 saturated heterocycles. The molecule has 1 amide bonds. The standard InChI is InChI=1S/C17H18ClFN2O/c1-11-7-8-16(14(18)9-11)21-17(22)10-20-12(2)13-5-3-4-6-15(13)19/h3-9,12,20H,10H2,1-2H3,(H,21,22). The Morgan fingerprint density at radius 3 is 2.68 bits per heavy atom. The number of hydrogen-bond donors (Lipinski definition) is 2. The third kappa shape index (κ3) is 4.29. The fraction of sp³-hybridized carbons (Fsp3) is 0.235. The van der Waals surface area contributed by atoms with Crippen molar-refractivity contribution in [2.24, 2.45) is 0 Å². The molecule has 0 fully saturated rings. The van der Waals surface area contributed by atoms with Crippen LogP contribution in [0.25, 0.3) is 0 Å². The smallest absolute Gasteiger partial charge is 0.238 e. The van der Waals surface area contributed by atoms with Crippen LogP contribution in [0.4, 0.5) is 10.1 Å². The van der Waals surface area contributed by atoms with Crippen molar-refractivity contribution in [1.29, 1.82) is 0 Å². The van der Waals surface area contributed by atoms with E-state index in [2.05, 4.69) is 10.6 Å².